The first kappa shape index (κ1) is 18.2. The zero-order valence-corrected chi connectivity index (χ0v) is 15.8. The van der Waals surface area contributed by atoms with E-state index < -0.39 is 5.97 Å². The van der Waals surface area contributed by atoms with Crippen LogP contribution in [0.25, 0.3) is 22.4 Å². The predicted octanol–water partition coefficient (Wildman–Crippen LogP) is 3.45. The van der Waals surface area contributed by atoms with Crippen molar-refractivity contribution in [2.45, 2.75) is 38.7 Å². The molecule has 1 saturated carbocycles. The highest BCUT2D eigenvalue weighted by molar-refractivity contribution is 6.10. The summed E-state index contributed by atoms with van der Waals surface area (Å²) in [7, 11) is 0. The van der Waals surface area contributed by atoms with Gasteiger partial charge in [0.2, 0.25) is 0 Å². The quantitative estimate of drug-likeness (QED) is 0.659. The van der Waals surface area contributed by atoms with Crippen LogP contribution in [0.1, 0.15) is 48.7 Å². The molecule has 144 valence electrons. The van der Waals surface area contributed by atoms with Crippen molar-refractivity contribution in [1.82, 2.24) is 15.5 Å². The summed E-state index contributed by atoms with van der Waals surface area (Å²) in [5, 5.41) is 7.34. The summed E-state index contributed by atoms with van der Waals surface area (Å²) in [6.07, 6.45) is 1.85. The molecule has 1 aromatic carbocycles. The Kier molecular flexibility index (Phi) is 4.81. The van der Waals surface area contributed by atoms with Crippen LogP contribution in [-0.2, 0) is 9.53 Å². The summed E-state index contributed by atoms with van der Waals surface area (Å²) in [5.74, 6) is -0.521. The number of rotatable bonds is 6. The van der Waals surface area contributed by atoms with E-state index in [1.807, 2.05) is 30.3 Å². The lowest BCUT2D eigenvalue weighted by molar-refractivity contribution is -0.146. The summed E-state index contributed by atoms with van der Waals surface area (Å²) in [6, 6.07) is 11.3. The van der Waals surface area contributed by atoms with Gasteiger partial charge in [-0.05, 0) is 32.8 Å². The number of nitrogens with one attached hydrogen (secondary N) is 1. The van der Waals surface area contributed by atoms with Crippen molar-refractivity contribution in [3.63, 3.8) is 0 Å². The molecule has 28 heavy (non-hydrogen) atoms. The second-order valence-corrected chi connectivity index (χ2v) is 7.17. The maximum atomic E-state index is 12.9. The number of hydrogen-bond donors (Lipinski definition) is 1. The summed E-state index contributed by atoms with van der Waals surface area (Å²) in [4.78, 5) is 29.3. The normalized spacial score (nSPS) is 13.7. The van der Waals surface area contributed by atoms with E-state index in [2.05, 4.69) is 15.5 Å². The number of aromatic nitrogens is 2. The molecular weight excluding hydrogens is 358 g/mol. The Morgan fingerprint density at radius 1 is 1.25 bits per heavy atom. The highest BCUT2D eigenvalue weighted by Crippen LogP contribution is 2.41. The lowest BCUT2D eigenvalue weighted by atomic mass is 10.0. The first-order chi connectivity index (χ1) is 13.5. The van der Waals surface area contributed by atoms with Gasteiger partial charge >= 0.3 is 5.97 Å². The standard InChI is InChI=1S/C21H21N3O4/c1-12(2)27-17(25)11-22-20(26)15-10-16(13-8-9-13)23-21-18(15)19(24-28-21)14-6-4-3-5-7-14/h3-7,10,12-13H,8-9,11H2,1-2H3,(H,22,26). The zero-order chi connectivity index (χ0) is 19.7. The highest BCUT2D eigenvalue weighted by atomic mass is 16.5. The lowest BCUT2D eigenvalue weighted by Gasteiger charge is -2.10. The first-order valence-corrected chi connectivity index (χ1v) is 9.36. The number of nitrogens with zero attached hydrogens (tertiary/aromatic N) is 2. The molecule has 1 N–H and O–H groups in total. The number of amides is 1. The largest absolute Gasteiger partial charge is 0.462 e. The van der Waals surface area contributed by atoms with E-state index in [9.17, 15) is 9.59 Å². The molecule has 0 radical (unpaired) electrons. The minimum Gasteiger partial charge on any atom is -0.462 e. The SMILES string of the molecule is CC(C)OC(=O)CNC(=O)c1cc(C2CC2)nc2onc(-c3ccccc3)c12. The third kappa shape index (κ3) is 3.74. The number of carbonyl (C=O) groups excluding carboxylic acids is 2. The van der Waals surface area contributed by atoms with Crippen molar-refractivity contribution in [3.05, 3.63) is 47.7 Å². The Bertz CT molecular complexity index is 1020. The number of benzene rings is 1. The van der Waals surface area contributed by atoms with Gasteiger partial charge in [-0.25, -0.2) is 4.98 Å². The van der Waals surface area contributed by atoms with Crippen LogP contribution in [0.15, 0.2) is 40.9 Å². The fourth-order valence-electron chi connectivity index (χ4n) is 3.08. The molecule has 2 heterocycles. The van der Waals surface area contributed by atoms with Crippen molar-refractivity contribution in [2.75, 3.05) is 6.54 Å². The van der Waals surface area contributed by atoms with E-state index in [-0.39, 0.29) is 18.6 Å². The molecule has 1 fully saturated rings. The Morgan fingerprint density at radius 3 is 2.68 bits per heavy atom. The van der Waals surface area contributed by atoms with Crippen molar-refractivity contribution < 1.29 is 18.8 Å². The fraction of sp³-hybridized carbons (Fsp3) is 0.333. The van der Waals surface area contributed by atoms with Gasteiger partial charge in [0, 0.05) is 17.2 Å². The molecule has 0 saturated heterocycles. The molecular formula is C21H21N3O4. The molecule has 1 aliphatic rings. The monoisotopic (exact) mass is 379 g/mol. The number of carbonyl (C=O) groups is 2. The Labute approximate surface area is 162 Å². The topological polar surface area (TPSA) is 94.3 Å². The number of ether oxygens (including phenoxy) is 1. The molecule has 1 amide bonds. The minimum atomic E-state index is -0.482. The summed E-state index contributed by atoms with van der Waals surface area (Å²) in [5.41, 5.74) is 2.94. The first-order valence-electron chi connectivity index (χ1n) is 9.36. The van der Waals surface area contributed by atoms with Crippen LogP contribution in [0, 0.1) is 0 Å². The predicted molar refractivity (Wildman–Crippen MR) is 103 cm³/mol. The molecule has 7 heteroatoms. The van der Waals surface area contributed by atoms with Crippen molar-refractivity contribution >= 4 is 23.0 Å². The third-order valence-corrected chi connectivity index (χ3v) is 4.51. The second kappa shape index (κ2) is 7.42. The Hall–Kier alpha value is -3.22. The van der Waals surface area contributed by atoms with Gasteiger partial charge in [0.25, 0.3) is 11.6 Å². The van der Waals surface area contributed by atoms with Crippen molar-refractivity contribution in [1.29, 1.82) is 0 Å². The van der Waals surface area contributed by atoms with E-state index in [1.54, 1.807) is 19.9 Å². The molecule has 0 spiro atoms. The Morgan fingerprint density at radius 2 is 2.00 bits per heavy atom. The molecule has 4 rings (SSSR count). The van der Waals surface area contributed by atoms with Crippen molar-refractivity contribution in [3.8, 4) is 11.3 Å². The molecule has 0 unspecified atom stereocenters. The molecule has 7 nitrogen and oxygen atoms in total. The van der Waals surface area contributed by atoms with Crippen LogP contribution in [0.4, 0.5) is 0 Å². The van der Waals surface area contributed by atoms with Crippen LogP contribution in [-0.4, -0.2) is 34.7 Å². The van der Waals surface area contributed by atoms with Gasteiger partial charge in [0.05, 0.1) is 17.1 Å². The summed E-state index contributed by atoms with van der Waals surface area (Å²) >= 11 is 0. The molecule has 0 bridgehead atoms. The average Bonchev–Trinajstić information content (AvgIpc) is 3.45. The van der Waals surface area contributed by atoms with Gasteiger partial charge in [0.15, 0.2) is 0 Å². The van der Waals surface area contributed by atoms with E-state index in [4.69, 9.17) is 9.26 Å². The van der Waals surface area contributed by atoms with Gasteiger partial charge in [-0.2, -0.15) is 0 Å². The van der Waals surface area contributed by atoms with Gasteiger partial charge < -0.3 is 14.6 Å². The number of hydrogen-bond acceptors (Lipinski definition) is 6. The van der Waals surface area contributed by atoms with E-state index in [0.29, 0.717) is 28.3 Å². The van der Waals surface area contributed by atoms with Crippen LogP contribution >= 0.6 is 0 Å². The van der Waals surface area contributed by atoms with Crippen LogP contribution in [0.2, 0.25) is 0 Å². The Balaban J connectivity index is 1.71. The number of fused-ring (bicyclic) bond motifs is 1. The smallest absolute Gasteiger partial charge is 0.325 e. The summed E-state index contributed by atoms with van der Waals surface area (Å²) < 4.78 is 10.5. The van der Waals surface area contributed by atoms with E-state index >= 15 is 0 Å². The fourth-order valence-corrected chi connectivity index (χ4v) is 3.08. The van der Waals surface area contributed by atoms with E-state index in [1.165, 1.54) is 0 Å². The van der Waals surface area contributed by atoms with Gasteiger partial charge in [-0.15, -0.1) is 0 Å². The molecule has 1 aliphatic carbocycles. The second-order valence-electron chi connectivity index (χ2n) is 7.17. The average molecular weight is 379 g/mol. The zero-order valence-electron chi connectivity index (χ0n) is 15.8. The van der Waals surface area contributed by atoms with E-state index in [0.717, 1.165) is 24.1 Å². The maximum Gasteiger partial charge on any atom is 0.325 e. The molecule has 2 aromatic heterocycles. The van der Waals surface area contributed by atoms with Crippen LogP contribution in [0.5, 0.6) is 0 Å². The van der Waals surface area contributed by atoms with Gasteiger partial charge in [-0.1, -0.05) is 35.5 Å². The van der Waals surface area contributed by atoms with Crippen LogP contribution < -0.4 is 5.32 Å². The minimum absolute atomic E-state index is 0.203. The van der Waals surface area contributed by atoms with Gasteiger partial charge in [-0.3, -0.25) is 9.59 Å². The third-order valence-electron chi connectivity index (χ3n) is 4.51. The van der Waals surface area contributed by atoms with Gasteiger partial charge in [0.1, 0.15) is 12.2 Å². The lowest BCUT2D eigenvalue weighted by Crippen LogP contribution is -2.32. The summed E-state index contributed by atoms with van der Waals surface area (Å²) in [6.45, 7) is 3.32. The van der Waals surface area contributed by atoms with Crippen molar-refractivity contribution in [2.24, 2.45) is 0 Å². The van der Waals surface area contributed by atoms with Crippen LogP contribution in [0.3, 0.4) is 0 Å². The molecule has 0 atom stereocenters. The maximum absolute atomic E-state index is 12.9. The highest BCUT2D eigenvalue weighted by Gasteiger charge is 2.29. The molecule has 0 aliphatic heterocycles. The molecule has 3 aromatic rings. The number of pyridine rings is 1. The number of esters is 1.